The van der Waals surface area contributed by atoms with Crippen molar-refractivity contribution >= 4 is 34.6 Å². The number of anilines is 1. The molecule has 1 amide bonds. The second-order valence-corrected chi connectivity index (χ2v) is 5.64. The molecule has 1 atom stereocenters. The predicted octanol–water partition coefficient (Wildman–Crippen LogP) is 0.807. The van der Waals surface area contributed by atoms with E-state index in [1.807, 2.05) is 0 Å². The van der Waals surface area contributed by atoms with Crippen molar-refractivity contribution < 1.29 is 19.5 Å². The first-order valence-electron chi connectivity index (χ1n) is 5.96. The van der Waals surface area contributed by atoms with Crippen LogP contribution >= 0.6 is 11.8 Å². The summed E-state index contributed by atoms with van der Waals surface area (Å²) in [6.45, 7) is 1.97. The Morgan fingerprint density at radius 1 is 1.45 bits per heavy atom. The van der Waals surface area contributed by atoms with Gasteiger partial charge in [0.25, 0.3) is 0 Å². The summed E-state index contributed by atoms with van der Waals surface area (Å²) in [4.78, 5) is 42.7. The molecule has 0 radical (unpaired) electrons. The molecule has 2 heterocycles. The lowest BCUT2D eigenvalue weighted by atomic mass is 10.1. The molecule has 0 bridgehead atoms. The van der Waals surface area contributed by atoms with Crippen LogP contribution < -0.4 is 4.90 Å². The lowest BCUT2D eigenvalue weighted by molar-refractivity contribution is -0.117. The highest BCUT2D eigenvalue weighted by molar-refractivity contribution is 8.13. The number of nitrogens with zero attached hydrogens (tertiary/aromatic N) is 3. The molecule has 1 N–H and O–H groups in total. The standard InChI is InChI=1S/C12H13N3O4S/c1-7(16)20-6-8-2-11(17)15(5-8)10-4-13-9(3-14-10)12(18)19/h3-4,8H,2,5-6H2,1H3,(H,18,19). The fourth-order valence-corrected chi connectivity index (χ4v) is 2.61. The minimum Gasteiger partial charge on any atom is -0.476 e. The van der Waals surface area contributed by atoms with Crippen molar-refractivity contribution in [2.75, 3.05) is 17.2 Å². The van der Waals surface area contributed by atoms with Crippen LogP contribution in [0, 0.1) is 5.92 Å². The molecule has 7 nitrogen and oxygen atoms in total. The van der Waals surface area contributed by atoms with Gasteiger partial charge in [-0.3, -0.25) is 14.5 Å². The minimum atomic E-state index is -1.16. The quantitative estimate of drug-likeness (QED) is 0.877. The Balaban J connectivity index is 2.03. The Morgan fingerprint density at radius 2 is 2.20 bits per heavy atom. The van der Waals surface area contributed by atoms with Crippen LogP contribution in [0.5, 0.6) is 0 Å². The highest BCUT2D eigenvalue weighted by atomic mass is 32.2. The van der Waals surface area contributed by atoms with E-state index in [1.54, 1.807) is 0 Å². The van der Waals surface area contributed by atoms with E-state index in [0.717, 1.165) is 6.20 Å². The van der Waals surface area contributed by atoms with E-state index >= 15 is 0 Å². The number of hydrogen-bond acceptors (Lipinski definition) is 6. The molecule has 106 valence electrons. The van der Waals surface area contributed by atoms with Gasteiger partial charge in [0.1, 0.15) is 0 Å². The van der Waals surface area contributed by atoms with Crippen molar-refractivity contribution in [3.63, 3.8) is 0 Å². The highest BCUT2D eigenvalue weighted by Crippen LogP contribution is 2.25. The molecule has 1 aromatic rings. The second kappa shape index (κ2) is 6.00. The number of rotatable bonds is 4. The van der Waals surface area contributed by atoms with Crippen molar-refractivity contribution in [2.45, 2.75) is 13.3 Å². The minimum absolute atomic E-state index is 0.0292. The number of carbonyl (C=O) groups excluding carboxylic acids is 2. The molecule has 1 unspecified atom stereocenters. The number of aromatic nitrogens is 2. The van der Waals surface area contributed by atoms with Crippen molar-refractivity contribution in [3.05, 3.63) is 18.1 Å². The SMILES string of the molecule is CC(=O)SCC1CC(=O)N(c2cnc(C(=O)O)cn2)C1. The predicted molar refractivity (Wildman–Crippen MR) is 72.6 cm³/mol. The summed E-state index contributed by atoms with van der Waals surface area (Å²) in [5.41, 5.74) is -0.163. The summed E-state index contributed by atoms with van der Waals surface area (Å²) in [6.07, 6.45) is 2.77. The summed E-state index contributed by atoms with van der Waals surface area (Å²) in [6, 6.07) is 0. The summed E-state index contributed by atoms with van der Waals surface area (Å²) in [7, 11) is 0. The van der Waals surface area contributed by atoms with Gasteiger partial charge in [-0.25, -0.2) is 14.8 Å². The molecule has 1 aliphatic rings. The maximum absolute atomic E-state index is 11.9. The third-order valence-electron chi connectivity index (χ3n) is 2.86. The fraction of sp³-hybridized carbons (Fsp3) is 0.417. The smallest absolute Gasteiger partial charge is 0.356 e. The first-order valence-corrected chi connectivity index (χ1v) is 6.95. The van der Waals surface area contributed by atoms with Gasteiger partial charge in [-0.05, 0) is 5.92 Å². The van der Waals surface area contributed by atoms with Gasteiger partial charge in [-0.1, -0.05) is 11.8 Å². The summed E-state index contributed by atoms with van der Waals surface area (Å²) in [5, 5.41) is 8.77. The van der Waals surface area contributed by atoms with E-state index in [0.29, 0.717) is 24.5 Å². The van der Waals surface area contributed by atoms with Crippen molar-refractivity contribution in [1.82, 2.24) is 9.97 Å². The van der Waals surface area contributed by atoms with Crippen molar-refractivity contribution in [3.8, 4) is 0 Å². The van der Waals surface area contributed by atoms with Crippen LogP contribution in [0.25, 0.3) is 0 Å². The van der Waals surface area contributed by atoms with Gasteiger partial charge >= 0.3 is 5.97 Å². The van der Waals surface area contributed by atoms with Crippen LogP contribution in [0.3, 0.4) is 0 Å². The third kappa shape index (κ3) is 3.32. The van der Waals surface area contributed by atoms with Crippen molar-refractivity contribution in [1.29, 1.82) is 0 Å². The van der Waals surface area contributed by atoms with Crippen LogP contribution in [0.15, 0.2) is 12.4 Å². The number of carboxylic acid groups (broad SMARTS) is 1. The number of carbonyl (C=O) groups is 3. The lowest BCUT2D eigenvalue weighted by Gasteiger charge is -2.14. The second-order valence-electron chi connectivity index (χ2n) is 4.44. The molecule has 20 heavy (non-hydrogen) atoms. The Morgan fingerprint density at radius 3 is 2.75 bits per heavy atom. The van der Waals surface area contributed by atoms with Gasteiger partial charge in [0.05, 0.1) is 12.4 Å². The third-order valence-corrected chi connectivity index (χ3v) is 3.91. The summed E-state index contributed by atoms with van der Waals surface area (Å²) >= 11 is 1.20. The molecular weight excluding hydrogens is 282 g/mol. The Hall–Kier alpha value is -1.96. The monoisotopic (exact) mass is 295 g/mol. The van der Waals surface area contributed by atoms with Crippen LogP contribution in [-0.2, 0) is 9.59 Å². The number of aromatic carboxylic acids is 1. The van der Waals surface area contributed by atoms with Crippen molar-refractivity contribution in [2.24, 2.45) is 5.92 Å². The van der Waals surface area contributed by atoms with E-state index in [9.17, 15) is 14.4 Å². The van der Waals surface area contributed by atoms with Gasteiger partial charge in [0, 0.05) is 25.6 Å². The number of hydrogen-bond donors (Lipinski definition) is 1. The molecule has 0 aromatic carbocycles. The molecule has 1 saturated heterocycles. The van der Waals surface area contributed by atoms with Gasteiger partial charge in [-0.15, -0.1) is 0 Å². The molecule has 1 aromatic heterocycles. The largest absolute Gasteiger partial charge is 0.476 e. The molecule has 0 spiro atoms. The van der Waals surface area contributed by atoms with Crippen LogP contribution in [0.2, 0.25) is 0 Å². The van der Waals surface area contributed by atoms with Gasteiger partial charge in [0.2, 0.25) is 5.91 Å². The van der Waals surface area contributed by atoms with Crippen LogP contribution in [0.4, 0.5) is 5.82 Å². The van der Waals surface area contributed by atoms with E-state index in [2.05, 4.69) is 9.97 Å². The molecule has 8 heteroatoms. The average Bonchev–Trinajstić information content (AvgIpc) is 2.78. The first-order chi connectivity index (χ1) is 9.47. The average molecular weight is 295 g/mol. The number of thioether (sulfide) groups is 1. The lowest BCUT2D eigenvalue weighted by Crippen LogP contribution is -2.26. The molecular formula is C12H13N3O4S. The van der Waals surface area contributed by atoms with E-state index < -0.39 is 5.97 Å². The Labute approximate surface area is 119 Å². The summed E-state index contributed by atoms with van der Waals surface area (Å²) in [5.74, 6) is -0.213. The van der Waals surface area contributed by atoms with Gasteiger partial charge in [-0.2, -0.15) is 0 Å². The Kier molecular flexibility index (Phi) is 4.33. The van der Waals surface area contributed by atoms with Crippen LogP contribution in [-0.4, -0.2) is 44.4 Å². The zero-order valence-electron chi connectivity index (χ0n) is 10.8. The normalized spacial score (nSPS) is 18.4. The summed E-state index contributed by atoms with van der Waals surface area (Å²) < 4.78 is 0. The van der Waals surface area contributed by atoms with E-state index in [4.69, 9.17) is 5.11 Å². The first kappa shape index (κ1) is 14.4. The molecule has 2 rings (SSSR count). The maximum atomic E-state index is 11.9. The topological polar surface area (TPSA) is 100 Å². The van der Waals surface area contributed by atoms with Gasteiger partial charge < -0.3 is 5.11 Å². The zero-order chi connectivity index (χ0) is 14.7. The van der Waals surface area contributed by atoms with E-state index in [-0.39, 0.29) is 22.6 Å². The molecule has 0 aliphatic carbocycles. The number of amides is 1. The molecule has 1 fully saturated rings. The highest BCUT2D eigenvalue weighted by Gasteiger charge is 2.31. The maximum Gasteiger partial charge on any atom is 0.356 e. The Bertz CT molecular complexity index is 546. The fourth-order valence-electron chi connectivity index (χ4n) is 1.92. The van der Waals surface area contributed by atoms with E-state index in [1.165, 1.54) is 29.8 Å². The zero-order valence-corrected chi connectivity index (χ0v) is 11.6. The molecule has 1 aliphatic heterocycles. The molecule has 0 saturated carbocycles. The van der Waals surface area contributed by atoms with Crippen LogP contribution in [0.1, 0.15) is 23.8 Å². The number of carboxylic acids is 1. The van der Waals surface area contributed by atoms with Gasteiger partial charge in [0.15, 0.2) is 16.6 Å².